The van der Waals surface area contributed by atoms with Crippen LogP contribution < -0.4 is 0 Å². The summed E-state index contributed by atoms with van der Waals surface area (Å²) in [5, 5.41) is 11.1. The predicted molar refractivity (Wildman–Crippen MR) is 90.3 cm³/mol. The Morgan fingerprint density at radius 2 is 2.04 bits per heavy atom. The van der Waals surface area contributed by atoms with E-state index in [0.717, 1.165) is 6.42 Å². The lowest BCUT2D eigenvalue weighted by molar-refractivity contribution is -0.271. The van der Waals surface area contributed by atoms with Gasteiger partial charge in [0, 0.05) is 17.4 Å². The first-order chi connectivity index (χ1) is 12.9. The first-order valence-corrected chi connectivity index (χ1v) is 9.67. The lowest BCUT2D eigenvalue weighted by atomic mass is 9.51. The van der Waals surface area contributed by atoms with Gasteiger partial charge in [0.05, 0.1) is 30.1 Å². The van der Waals surface area contributed by atoms with Crippen LogP contribution in [0.1, 0.15) is 51.2 Å². The minimum absolute atomic E-state index is 0.180. The van der Waals surface area contributed by atoms with Crippen LogP contribution in [0.5, 0.6) is 0 Å². The second kappa shape index (κ2) is 5.58. The topological polar surface area (TPSA) is 95.2 Å². The van der Waals surface area contributed by atoms with E-state index in [-0.39, 0.29) is 24.1 Å². The van der Waals surface area contributed by atoms with E-state index in [1.165, 1.54) is 12.5 Å². The smallest absolute Gasteiger partial charge is 0.315 e. The molecule has 7 heteroatoms. The van der Waals surface area contributed by atoms with E-state index in [2.05, 4.69) is 0 Å². The number of rotatable bonds is 2. The predicted octanol–water partition coefficient (Wildman–Crippen LogP) is 2.13. The van der Waals surface area contributed by atoms with E-state index in [0.29, 0.717) is 24.8 Å². The lowest BCUT2D eigenvalue weighted by Gasteiger charge is -2.59. The molecule has 1 aromatic heterocycles. The summed E-state index contributed by atoms with van der Waals surface area (Å²) in [7, 11) is 0. The molecule has 3 aliphatic heterocycles. The molecule has 1 N–H and O–H groups in total. The molecule has 8 atom stereocenters. The molecule has 4 heterocycles. The third-order valence-electron chi connectivity index (χ3n) is 7.37. The lowest BCUT2D eigenvalue weighted by Crippen LogP contribution is -2.68. The molecule has 5 rings (SSSR count). The van der Waals surface area contributed by atoms with Crippen molar-refractivity contribution in [3.8, 4) is 0 Å². The Labute approximate surface area is 156 Å². The van der Waals surface area contributed by atoms with Gasteiger partial charge in [0.1, 0.15) is 18.1 Å². The average Bonchev–Trinajstić information content (AvgIpc) is 3.28. The summed E-state index contributed by atoms with van der Waals surface area (Å²) < 4.78 is 22.9. The van der Waals surface area contributed by atoms with Crippen molar-refractivity contribution in [1.29, 1.82) is 0 Å². The standard InChI is InChI=1S/C20H24O7/c1-10-8-13-19(2)12(17(22)25-13)4-3-6-20(19,27-10)14-15(21)16(26-18(14)23)11-5-7-24-9-11/h5,7,9-10,12-16,21H,3-4,6,8H2,1-2H3/t10-,12+,13+,14+,15+,16-,19+,20-/m1/s1. The molecule has 7 nitrogen and oxygen atoms in total. The monoisotopic (exact) mass is 376 g/mol. The Morgan fingerprint density at radius 3 is 2.78 bits per heavy atom. The maximum absolute atomic E-state index is 13.0. The molecule has 1 saturated carbocycles. The Hall–Kier alpha value is -1.86. The zero-order valence-corrected chi connectivity index (χ0v) is 15.4. The molecule has 0 amide bonds. The van der Waals surface area contributed by atoms with Crippen LogP contribution in [0.2, 0.25) is 0 Å². The van der Waals surface area contributed by atoms with Crippen molar-refractivity contribution >= 4 is 11.9 Å². The number of cyclic esters (lactones) is 1. The molecule has 3 saturated heterocycles. The molecule has 0 spiro atoms. The summed E-state index contributed by atoms with van der Waals surface area (Å²) in [5.74, 6) is -1.89. The molecule has 4 fully saturated rings. The highest BCUT2D eigenvalue weighted by molar-refractivity contribution is 5.81. The number of aliphatic hydroxyl groups is 1. The van der Waals surface area contributed by atoms with E-state index in [1.54, 1.807) is 6.07 Å². The number of hydrogen-bond acceptors (Lipinski definition) is 7. The van der Waals surface area contributed by atoms with Crippen LogP contribution >= 0.6 is 0 Å². The molecule has 1 aromatic rings. The number of furan rings is 1. The average molecular weight is 376 g/mol. The number of carbonyl (C=O) groups excluding carboxylic acids is 2. The maximum atomic E-state index is 13.0. The summed E-state index contributed by atoms with van der Waals surface area (Å²) >= 11 is 0. The van der Waals surface area contributed by atoms with Gasteiger partial charge >= 0.3 is 11.9 Å². The highest BCUT2D eigenvalue weighted by atomic mass is 16.6. The third kappa shape index (κ3) is 2.04. The number of ether oxygens (including phenoxy) is 3. The molecule has 146 valence electrons. The molecule has 27 heavy (non-hydrogen) atoms. The van der Waals surface area contributed by atoms with Gasteiger partial charge in [0.2, 0.25) is 0 Å². The summed E-state index contributed by atoms with van der Waals surface area (Å²) in [4.78, 5) is 25.6. The van der Waals surface area contributed by atoms with Gasteiger partial charge in [-0.15, -0.1) is 0 Å². The normalized spacial score (nSPS) is 48.9. The van der Waals surface area contributed by atoms with Crippen molar-refractivity contribution in [3.63, 3.8) is 0 Å². The van der Waals surface area contributed by atoms with Crippen LogP contribution in [0.4, 0.5) is 0 Å². The number of esters is 2. The van der Waals surface area contributed by atoms with E-state index < -0.39 is 35.1 Å². The Morgan fingerprint density at radius 1 is 1.22 bits per heavy atom. The van der Waals surface area contributed by atoms with Crippen molar-refractivity contribution < 1.29 is 33.3 Å². The van der Waals surface area contributed by atoms with Crippen LogP contribution in [0.3, 0.4) is 0 Å². The number of carbonyl (C=O) groups is 2. The fraction of sp³-hybridized carbons (Fsp3) is 0.700. The first-order valence-electron chi connectivity index (χ1n) is 9.67. The van der Waals surface area contributed by atoms with Gasteiger partial charge in [-0.1, -0.05) is 6.92 Å². The van der Waals surface area contributed by atoms with Crippen molar-refractivity contribution in [2.75, 3.05) is 0 Å². The van der Waals surface area contributed by atoms with Gasteiger partial charge in [-0.05, 0) is 32.3 Å². The fourth-order valence-electron chi connectivity index (χ4n) is 6.14. The summed E-state index contributed by atoms with van der Waals surface area (Å²) in [6.07, 6.45) is 3.24. The summed E-state index contributed by atoms with van der Waals surface area (Å²) in [5.41, 5.74) is -1.03. The van der Waals surface area contributed by atoms with E-state index in [9.17, 15) is 14.7 Å². The second-order valence-electron chi connectivity index (χ2n) is 8.59. The van der Waals surface area contributed by atoms with Crippen molar-refractivity contribution in [3.05, 3.63) is 24.2 Å². The molecule has 0 aromatic carbocycles. The number of aliphatic hydroxyl groups excluding tert-OH is 1. The van der Waals surface area contributed by atoms with Crippen LogP contribution in [-0.4, -0.2) is 41.0 Å². The first kappa shape index (κ1) is 17.3. The highest BCUT2D eigenvalue weighted by Gasteiger charge is 2.74. The van der Waals surface area contributed by atoms with Gasteiger partial charge in [-0.25, -0.2) is 0 Å². The highest BCUT2D eigenvalue weighted by Crippen LogP contribution is 2.65. The second-order valence-corrected chi connectivity index (χ2v) is 8.59. The number of hydrogen-bond donors (Lipinski definition) is 1. The zero-order chi connectivity index (χ0) is 19.0. The van der Waals surface area contributed by atoms with Crippen LogP contribution in [0.15, 0.2) is 23.0 Å². The Bertz CT molecular complexity index is 773. The van der Waals surface area contributed by atoms with E-state index >= 15 is 0 Å². The van der Waals surface area contributed by atoms with Crippen LogP contribution in [0.25, 0.3) is 0 Å². The van der Waals surface area contributed by atoms with Crippen molar-refractivity contribution in [2.45, 2.75) is 69.5 Å². The third-order valence-corrected chi connectivity index (χ3v) is 7.37. The SMILES string of the molecule is C[C@@H]1C[C@@H]2OC(=O)[C@@H]3CCC[C@]([C@@H]4C(=O)O[C@H](c5ccoc5)[C@H]4O)(O1)[C@]23C. The molecular weight excluding hydrogens is 352 g/mol. The summed E-state index contributed by atoms with van der Waals surface area (Å²) in [6, 6.07) is 1.68. The molecule has 0 bridgehead atoms. The largest absolute Gasteiger partial charge is 0.472 e. The van der Waals surface area contributed by atoms with E-state index in [1.807, 2.05) is 13.8 Å². The quantitative estimate of drug-likeness (QED) is 0.790. The van der Waals surface area contributed by atoms with Gasteiger partial charge in [0.15, 0.2) is 6.10 Å². The molecular formula is C20H24O7. The van der Waals surface area contributed by atoms with Crippen LogP contribution in [-0.2, 0) is 23.8 Å². The molecule has 1 aliphatic carbocycles. The van der Waals surface area contributed by atoms with Gasteiger partial charge in [0.25, 0.3) is 0 Å². The Balaban J connectivity index is 1.61. The van der Waals surface area contributed by atoms with Gasteiger partial charge in [-0.2, -0.15) is 0 Å². The van der Waals surface area contributed by atoms with Crippen molar-refractivity contribution in [2.24, 2.45) is 17.3 Å². The minimum Gasteiger partial charge on any atom is -0.472 e. The zero-order valence-electron chi connectivity index (χ0n) is 15.4. The molecule has 4 aliphatic rings. The molecule has 0 radical (unpaired) electrons. The van der Waals surface area contributed by atoms with Crippen molar-refractivity contribution in [1.82, 2.24) is 0 Å². The Kier molecular flexibility index (Phi) is 3.56. The van der Waals surface area contributed by atoms with Crippen LogP contribution in [0, 0.1) is 17.3 Å². The maximum Gasteiger partial charge on any atom is 0.315 e. The van der Waals surface area contributed by atoms with Gasteiger partial charge < -0.3 is 23.7 Å². The summed E-state index contributed by atoms with van der Waals surface area (Å²) in [6.45, 7) is 3.92. The minimum atomic E-state index is -1.08. The van der Waals surface area contributed by atoms with E-state index in [4.69, 9.17) is 18.6 Å². The molecule has 0 unspecified atom stereocenters. The fourth-order valence-corrected chi connectivity index (χ4v) is 6.14. The van der Waals surface area contributed by atoms with Gasteiger partial charge in [-0.3, -0.25) is 9.59 Å².